The first-order valence-corrected chi connectivity index (χ1v) is 24.1. The van der Waals surface area contributed by atoms with E-state index in [1.165, 1.54) is 128 Å². The molecule has 0 heterocycles. The highest BCUT2D eigenvalue weighted by molar-refractivity contribution is 5.72. The van der Waals surface area contributed by atoms with Gasteiger partial charge in [-0.25, -0.2) is 0 Å². The van der Waals surface area contributed by atoms with Gasteiger partial charge in [-0.2, -0.15) is 0 Å². The number of hydrogen-bond acceptors (Lipinski definition) is 5. The third kappa shape index (κ3) is 30.9. The summed E-state index contributed by atoms with van der Waals surface area (Å²) in [5.41, 5.74) is 1.38. The van der Waals surface area contributed by atoms with Crippen molar-refractivity contribution in [2.75, 3.05) is 26.3 Å². The Bertz CT molecular complexity index is 968. The maximum Gasteiger partial charge on any atom is 0.308 e. The Balaban J connectivity index is 2.38. The van der Waals surface area contributed by atoms with E-state index < -0.39 is 0 Å². The number of ether oxygens (including phenoxy) is 2. The maximum atomic E-state index is 13.0. The second kappa shape index (κ2) is 39.0. The van der Waals surface area contributed by atoms with E-state index in [1.807, 2.05) is 0 Å². The highest BCUT2D eigenvalue weighted by Crippen LogP contribution is 2.22. The zero-order valence-electron chi connectivity index (χ0n) is 37.1. The van der Waals surface area contributed by atoms with Crippen LogP contribution in [0.4, 0.5) is 0 Å². The minimum Gasteiger partial charge on any atom is -0.465 e. The minimum absolute atomic E-state index is 0.0599. The number of benzene rings is 1. The number of carbonyl (C=O) groups is 2. The van der Waals surface area contributed by atoms with E-state index in [1.54, 1.807) is 0 Å². The Kier molecular flexibility index (Phi) is 36.2. The Hall–Kier alpha value is -1.88. The monoisotopic (exact) mass is 770 g/mol. The molecule has 2 atom stereocenters. The average molecular weight is 770 g/mol. The number of rotatable bonds is 41. The van der Waals surface area contributed by atoms with Crippen molar-refractivity contribution in [3.8, 4) is 0 Å². The van der Waals surface area contributed by atoms with Gasteiger partial charge in [0.15, 0.2) is 0 Å². The molecule has 0 spiro atoms. The molecule has 0 saturated carbocycles. The smallest absolute Gasteiger partial charge is 0.308 e. The molecule has 0 radical (unpaired) electrons. The lowest BCUT2D eigenvalue weighted by atomic mass is 9.94. The first-order chi connectivity index (χ1) is 27.0. The highest BCUT2D eigenvalue weighted by Gasteiger charge is 2.20. The van der Waals surface area contributed by atoms with Crippen LogP contribution >= 0.6 is 0 Å². The van der Waals surface area contributed by atoms with Crippen LogP contribution in [0, 0.1) is 11.8 Å². The molecule has 0 aromatic heterocycles. The van der Waals surface area contributed by atoms with Crippen LogP contribution in [0.5, 0.6) is 0 Å². The van der Waals surface area contributed by atoms with Crippen LogP contribution in [-0.4, -0.2) is 43.1 Å². The largest absolute Gasteiger partial charge is 0.465 e. The normalized spacial score (nSPS) is 12.6. The summed E-state index contributed by atoms with van der Waals surface area (Å²) in [4.78, 5) is 28.6. The topological polar surface area (TPSA) is 55.8 Å². The van der Waals surface area contributed by atoms with Gasteiger partial charge in [-0.1, -0.05) is 206 Å². The molecular formula is C50H91NO4. The number of carbonyl (C=O) groups excluding carboxylic acids is 2. The molecule has 5 heteroatoms. The van der Waals surface area contributed by atoms with Crippen LogP contribution < -0.4 is 0 Å². The van der Waals surface area contributed by atoms with Crippen molar-refractivity contribution >= 4 is 11.9 Å². The summed E-state index contributed by atoms with van der Waals surface area (Å²) in [5, 5.41) is 0. The van der Waals surface area contributed by atoms with Crippen molar-refractivity contribution < 1.29 is 19.1 Å². The standard InChI is InChI=1S/C50H91NO4/c1-5-9-13-17-19-30-40-48(38-28-16-12-8-4)50(53)55-44-34-23-21-32-42-51(45-46-35-25-24-26-36-46)41-31-20-22-33-43-54-49(52)47(37-27-15-11-7-3)39-29-18-14-10-6-2/h24-26,35-36,47-48H,5-23,27-34,37-45H2,1-4H3. The summed E-state index contributed by atoms with van der Waals surface area (Å²) in [7, 11) is 0. The summed E-state index contributed by atoms with van der Waals surface area (Å²) in [6.07, 6.45) is 36.5. The third-order valence-electron chi connectivity index (χ3n) is 11.5. The van der Waals surface area contributed by atoms with Gasteiger partial charge in [0.25, 0.3) is 0 Å². The van der Waals surface area contributed by atoms with Gasteiger partial charge in [0.2, 0.25) is 0 Å². The fourth-order valence-corrected chi connectivity index (χ4v) is 7.84. The van der Waals surface area contributed by atoms with Gasteiger partial charge in [-0.05, 0) is 70.0 Å². The van der Waals surface area contributed by atoms with Crippen molar-refractivity contribution in [2.24, 2.45) is 11.8 Å². The summed E-state index contributed by atoms with van der Waals surface area (Å²) < 4.78 is 11.7. The van der Waals surface area contributed by atoms with E-state index in [0.717, 1.165) is 96.7 Å². The zero-order valence-corrected chi connectivity index (χ0v) is 37.1. The first kappa shape index (κ1) is 51.1. The van der Waals surface area contributed by atoms with Gasteiger partial charge < -0.3 is 9.47 Å². The lowest BCUT2D eigenvalue weighted by Crippen LogP contribution is -2.25. The molecule has 0 fully saturated rings. The van der Waals surface area contributed by atoms with E-state index in [9.17, 15) is 9.59 Å². The van der Waals surface area contributed by atoms with E-state index in [0.29, 0.717) is 13.2 Å². The van der Waals surface area contributed by atoms with Gasteiger partial charge in [0.1, 0.15) is 0 Å². The number of nitrogens with zero attached hydrogens (tertiary/aromatic N) is 1. The van der Waals surface area contributed by atoms with Gasteiger partial charge in [0, 0.05) is 6.54 Å². The minimum atomic E-state index is 0.0599. The molecule has 0 aliphatic heterocycles. The highest BCUT2D eigenvalue weighted by atomic mass is 16.5. The van der Waals surface area contributed by atoms with E-state index in [4.69, 9.17) is 9.47 Å². The lowest BCUT2D eigenvalue weighted by molar-refractivity contribution is -0.150. The predicted octanol–water partition coefficient (Wildman–Crippen LogP) is 15.0. The summed E-state index contributed by atoms with van der Waals surface area (Å²) >= 11 is 0. The Morgan fingerprint density at radius 1 is 0.436 bits per heavy atom. The van der Waals surface area contributed by atoms with Gasteiger partial charge in [-0.3, -0.25) is 14.5 Å². The molecule has 0 aliphatic carbocycles. The van der Waals surface area contributed by atoms with Crippen molar-refractivity contribution in [3.63, 3.8) is 0 Å². The molecular weight excluding hydrogens is 679 g/mol. The molecule has 1 rings (SSSR count). The van der Waals surface area contributed by atoms with Gasteiger partial charge in [-0.15, -0.1) is 0 Å². The quantitative estimate of drug-likeness (QED) is 0.0490. The van der Waals surface area contributed by atoms with Crippen LogP contribution in [0.15, 0.2) is 30.3 Å². The predicted molar refractivity (Wildman–Crippen MR) is 236 cm³/mol. The second-order valence-corrected chi connectivity index (χ2v) is 16.8. The fourth-order valence-electron chi connectivity index (χ4n) is 7.84. The average Bonchev–Trinajstić information content (AvgIpc) is 3.19. The van der Waals surface area contributed by atoms with Crippen molar-refractivity contribution in [1.29, 1.82) is 0 Å². The van der Waals surface area contributed by atoms with Crippen LogP contribution in [0.25, 0.3) is 0 Å². The maximum absolute atomic E-state index is 13.0. The van der Waals surface area contributed by atoms with E-state index in [-0.39, 0.29) is 23.8 Å². The SMILES string of the molecule is CCCCCCCCC(CCCCCC)C(=O)OCCCCCCN(CCCCCCOC(=O)C(CCCCCC)CCCCCCC)Cc1ccccc1. The Morgan fingerprint density at radius 3 is 1.16 bits per heavy atom. The lowest BCUT2D eigenvalue weighted by Gasteiger charge is -2.22. The molecule has 0 N–H and O–H groups in total. The second-order valence-electron chi connectivity index (χ2n) is 16.8. The first-order valence-electron chi connectivity index (χ1n) is 24.1. The van der Waals surface area contributed by atoms with Crippen molar-refractivity contribution in [1.82, 2.24) is 4.90 Å². The molecule has 0 saturated heterocycles. The van der Waals surface area contributed by atoms with E-state index >= 15 is 0 Å². The summed E-state index contributed by atoms with van der Waals surface area (Å²) in [6.45, 7) is 13.3. The molecule has 1 aromatic carbocycles. The number of unbranched alkanes of at least 4 members (excludes halogenated alkanes) is 21. The van der Waals surface area contributed by atoms with Crippen molar-refractivity contribution in [3.05, 3.63) is 35.9 Å². The van der Waals surface area contributed by atoms with Gasteiger partial charge in [0.05, 0.1) is 25.0 Å². The molecule has 2 unspecified atom stereocenters. The van der Waals surface area contributed by atoms with Gasteiger partial charge >= 0.3 is 11.9 Å². The zero-order chi connectivity index (χ0) is 39.9. The molecule has 320 valence electrons. The summed E-state index contributed by atoms with van der Waals surface area (Å²) in [5.74, 6) is 0.311. The Morgan fingerprint density at radius 2 is 0.764 bits per heavy atom. The van der Waals surface area contributed by atoms with Crippen molar-refractivity contribution in [2.45, 2.75) is 233 Å². The number of hydrogen-bond donors (Lipinski definition) is 0. The molecule has 55 heavy (non-hydrogen) atoms. The molecule has 0 amide bonds. The molecule has 5 nitrogen and oxygen atoms in total. The van der Waals surface area contributed by atoms with E-state index in [2.05, 4.69) is 62.9 Å². The molecule has 0 bridgehead atoms. The summed E-state index contributed by atoms with van der Waals surface area (Å²) in [6, 6.07) is 10.9. The van der Waals surface area contributed by atoms with Crippen LogP contribution in [0.2, 0.25) is 0 Å². The number of esters is 2. The third-order valence-corrected chi connectivity index (χ3v) is 11.5. The Labute approximate surface area is 342 Å². The molecule has 0 aliphatic rings. The van der Waals surface area contributed by atoms with Crippen LogP contribution in [0.1, 0.15) is 232 Å². The van der Waals surface area contributed by atoms with Crippen LogP contribution in [0.3, 0.4) is 0 Å². The van der Waals surface area contributed by atoms with Crippen LogP contribution in [-0.2, 0) is 25.6 Å². The fraction of sp³-hybridized carbons (Fsp3) is 0.840. The molecule has 1 aromatic rings.